The van der Waals surface area contributed by atoms with E-state index in [1.165, 1.54) is 0 Å². The largest absolute Gasteiger partial charge is 0.388 e. The molecule has 0 fully saturated rings. The lowest BCUT2D eigenvalue weighted by atomic mass is 10.1. The summed E-state index contributed by atoms with van der Waals surface area (Å²) >= 11 is 0. The van der Waals surface area contributed by atoms with E-state index < -0.39 is 6.10 Å². The molecular weight excluding hydrogens is 260 g/mol. The first-order chi connectivity index (χ1) is 10.2. The molecule has 108 valence electrons. The van der Waals surface area contributed by atoms with Crippen LogP contribution in [-0.4, -0.2) is 5.11 Å². The summed E-state index contributed by atoms with van der Waals surface area (Å²) in [5, 5.41) is 18.2. The molecule has 0 saturated carbocycles. The number of rotatable bonds is 5. The molecule has 0 radical (unpaired) electrons. The van der Waals surface area contributed by atoms with Crippen molar-refractivity contribution in [3.8, 4) is 0 Å². The molecule has 0 heterocycles. The van der Waals surface area contributed by atoms with Crippen molar-refractivity contribution in [3.63, 3.8) is 0 Å². The average molecular weight is 280 g/mol. The minimum atomic E-state index is -0.407. The summed E-state index contributed by atoms with van der Waals surface area (Å²) in [6.45, 7) is 3.95. The van der Waals surface area contributed by atoms with Gasteiger partial charge in [0.1, 0.15) is 0 Å². The van der Waals surface area contributed by atoms with Crippen molar-refractivity contribution in [1.29, 1.82) is 0 Å². The fourth-order valence-corrected chi connectivity index (χ4v) is 1.96. The second-order valence-electron chi connectivity index (χ2n) is 4.81. The van der Waals surface area contributed by atoms with Gasteiger partial charge in [-0.1, -0.05) is 43.3 Å². The number of aliphatic hydroxyl groups is 1. The highest BCUT2D eigenvalue weighted by atomic mass is 16.3. The Bertz CT molecular complexity index is 613. The standard InChI is InChI=1S/C18H20N2O/c1-3-5-14-6-10-16(11-7-14)19-20-17-12-8-15(9-13-17)18(21)4-2/h3,5-13,18,21H,4H2,1-2H3. The van der Waals surface area contributed by atoms with E-state index in [2.05, 4.69) is 10.2 Å². The predicted octanol–water partition coefficient (Wildman–Crippen LogP) is 5.58. The summed E-state index contributed by atoms with van der Waals surface area (Å²) in [6, 6.07) is 15.4. The van der Waals surface area contributed by atoms with Gasteiger partial charge in [0.25, 0.3) is 0 Å². The average Bonchev–Trinajstić information content (AvgIpc) is 2.54. The molecule has 0 amide bonds. The topological polar surface area (TPSA) is 45.0 Å². The zero-order valence-corrected chi connectivity index (χ0v) is 12.4. The molecule has 1 unspecified atom stereocenters. The van der Waals surface area contributed by atoms with E-state index >= 15 is 0 Å². The van der Waals surface area contributed by atoms with Crippen LogP contribution in [0.3, 0.4) is 0 Å². The van der Waals surface area contributed by atoms with Gasteiger partial charge in [0.15, 0.2) is 0 Å². The third-order valence-corrected chi connectivity index (χ3v) is 3.20. The highest BCUT2D eigenvalue weighted by Gasteiger charge is 2.03. The van der Waals surface area contributed by atoms with E-state index in [1.807, 2.05) is 74.5 Å². The molecule has 0 bridgehead atoms. The van der Waals surface area contributed by atoms with Crippen LogP contribution < -0.4 is 0 Å². The Morgan fingerprint density at radius 2 is 1.48 bits per heavy atom. The van der Waals surface area contributed by atoms with E-state index in [4.69, 9.17) is 0 Å². The summed E-state index contributed by atoms with van der Waals surface area (Å²) < 4.78 is 0. The number of hydrogen-bond donors (Lipinski definition) is 1. The van der Waals surface area contributed by atoms with E-state index in [0.29, 0.717) is 6.42 Å². The van der Waals surface area contributed by atoms with E-state index in [1.54, 1.807) is 0 Å². The second kappa shape index (κ2) is 7.50. The molecule has 3 nitrogen and oxygen atoms in total. The summed E-state index contributed by atoms with van der Waals surface area (Å²) in [6.07, 6.45) is 4.34. The Kier molecular flexibility index (Phi) is 5.41. The fourth-order valence-electron chi connectivity index (χ4n) is 1.96. The Morgan fingerprint density at radius 3 is 1.95 bits per heavy atom. The first-order valence-electron chi connectivity index (χ1n) is 7.15. The molecule has 3 heteroatoms. The lowest BCUT2D eigenvalue weighted by Gasteiger charge is -2.07. The quantitative estimate of drug-likeness (QED) is 0.714. The summed E-state index contributed by atoms with van der Waals surface area (Å²) in [5.74, 6) is 0. The maximum absolute atomic E-state index is 9.74. The lowest BCUT2D eigenvalue weighted by Crippen LogP contribution is -1.93. The van der Waals surface area contributed by atoms with Crippen LogP contribution in [0.5, 0.6) is 0 Å². The van der Waals surface area contributed by atoms with Crippen LogP contribution in [0.1, 0.15) is 37.5 Å². The molecule has 0 aliphatic rings. The van der Waals surface area contributed by atoms with Gasteiger partial charge in [-0.3, -0.25) is 0 Å². The number of aliphatic hydroxyl groups excluding tert-OH is 1. The van der Waals surface area contributed by atoms with Crippen molar-refractivity contribution in [3.05, 3.63) is 65.7 Å². The third-order valence-electron chi connectivity index (χ3n) is 3.20. The van der Waals surface area contributed by atoms with Gasteiger partial charge in [0, 0.05) is 0 Å². The van der Waals surface area contributed by atoms with Crippen LogP contribution in [0.4, 0.5) is 11.4 Å². The van der Waals surface area contributed by atoms with Crippen molar-refractivity contribution in [1.82, 2.24) is 0 Å². The van der Waals surface area contributed by atoms with Gasteiger partial charge in [0.2, 0.25) is 0 Å². The number of allylic oxidation sites excluding steroid dienone is 1. The molecule has 2 aromatic carbocycles. The van der Waals surface area contributed by atoms with Gasteiger partial charge >= 0.3 is 0 Å². The minimum Gasteiger partial charge on any atom is -0.388 e. The SMILES string of the molecule is CC=Cc1ccc(N=Nc2ccc(C(O)CC)cc2)cc1. The van der Waals surface area contributed by atoms with Crippen molar-refractivity contribution >= 4 is 17.5 Å². The Labute approximate surface area is 125 Å². The highest BCUT2D eigenvalue weighted by molar-refractivity contribution is 5.52. The van der Waals surface area contributed by atoms with Crippen LogP contribution in [0.15, 0.2) is 64.8 Å². The molecule has 1 atom stereocenters. The maximum Gasteiger partial charge on any atom is 0.0857 e. The molecule has 0 aromatic heterocycles. The number of benzene rings is 2. The Hall–Kier alpha value is -2.26. The molecule has 2 rings (SSSR count). The molecule has 1 N–H and O–H groups in total. The molecule has 21 heavy (non-hydrogen) atoms. The van der Waals surface area contributed by atoms with Crippen molar-refractivity contribution in [2.24, 2.45) is 10.2 Å². The van der Waals surface area contributed by atoms with Crippen molar-refractivity contribution in [2.45, 2.75) is 26.4 Å². The Morgan fingerprint density at radius 1 is 0.952 bits per heavy atom. The van der Waals surface area contributed by atoms with Crippen molar-refractivity contribution in [2.75, 3.05) is 0 Å². The maximum atomic E-state index is 9.74. The zero-order chi connectivity index (χ0) is 15.1. The van der Waals surface area contributed by atoms with Crippen LogP contribution in [0.25, 0.3) is 6.08 Å². The van der Waals surface area contributed by atoms with E-state index in [-0.39, 0.29) is 0 Å². The monoisotopic (exact) mass is 280 g/mol. The van der Waals surface area contributed by atoms with Crippen LogP contribution in [-0.2, 0) is 0 Å². The summed E-state index contributed by atoms with van der Waals surface area (Å²) in [5.41, 5.74) is 3.65. The van der Waals surface area contributed by atoms with Crippen LogP contribution in [0, 0.1) is 0 Å². The molecular formula is C18H20N2O. The van der Waals surface area contributed by atoms with Gasteiger partial charge in [0.05, 0.1) is 17.5 Å². The summed E-state index contributed by atoms with van der Waals surface area (Å²) in [7, 11) is 0. The molecule has 2 aromatic rings. The smallest absolute Gasteiger partial charge is 0.0857 e. The van der Waals surface area contributed by atoms with Gasteiger partial charge in [-0.05, 0) is 48.7 Å². The molecule has 0 spiro atoms. The molecule has 0 saturated heterocycles. The van der Waals surface area contributed by atoms with E-state index in [0.717, 1.165) is 22.5 Å². The summed E-state index contributed by atoms with van der Waals surface area (Å²) in [4.78, 5) is 0. The Balaban J connectivity index is 2.06. The first-order valence-corrected chi connectivity index (χ1v) is 7.15. The predicted molar refractivity (Wildman–Crippen MR) is 87.0 cm³/mol. The number of nitrogens with zero attached hydrogens (tertiary/aromatic N) is 2. The van der Waals surface area contributed by atoms with Crippen molar-refractivity contribution < 1.29 is 5.11 Å². The van der Waals surface area contributed by atoms with Crippen LogP contribution in [0.2, 0.25) is 0 Å². The van der Waals surface area contributed by atoms with E-state index in [9.17, 15) is 5.11 Å². The normalized spacial score (nSPS) is 13.1. The number of azo groups is 1. The lowest BCUT2D eigenvalue weighted by molar-refractivity contribution is 0.173. The highest BCUT2D eigenvalue weighted by Crippen LogP contribution is 2.22. The zero-order valence-electron chi connectivity index (χ0n) is 12.4. The van der Waals surface area contributed by atoms with Gasteiger partial charge in [-0.2, -0.15) is 10.2 Å². The van der Waals surface area contributed by atoms with Gasteiger partial charge < -0.3 is 5.11 Å². The van der Waals surface area contributed by atoms with Gasteiger partial charge in [-0.15, -0.1) is 0 Å². The third kappa shape index (κ3) is 4.36. The minimum absolute atomic E-state index is 0.407. The second-order valence-corrected chi connectivity index (χ2v) is 4.81. The molecule has 0 aliphatic carbocycles. The van der Waals surface area contributed by atoms with Crippen LogP contribution >= 0.6 is 0 Å². The first kappa shape index (κ1) is 15.1. The molecule has 0 aliphatic heterocycles. The number of hydrogen-bond acceptors (Lipinski definition) is 3. The fraction of sp³-hybridized carbons (Fsp3) is 0.222. The van der Waals surface area contributed by atoms with Gasteiger partial charge in [-0.25, -0.2) is 0 Å².